The topological polar surface area (TPSA) is 58.4 Å². The number of likely N-dealkylation sites (N-methyl/N-ethyl adjacent to an activating group) is 1. The predicted octanol–water partition coefficient (Wildman–Crippen LogP) is 2.83. The predicted molar refractivity (Wildman–Crippen MR) is 77.0 cm³/mol. The van der Waals surface area contributed by atoms with Gasteiger partial charge in [0.1, 0.15) is 5.69 Å². The smallest absolute Gasteiger partial charge is 0.292 e. The number of halogens is 1. The Balaban J connectivity index is 2.14. The number of nitrogens with zero attached hydrogens (tertiary/aromatic N) is 2. The Morgan fingerprint density at radius 2 is 2.32 bits per heavy atom. The molecule has 1 N–H and O–H groups in total. The van der Waals surface area contributed by atoms with Crippen LogP contribution in [0.5, 0.6) is 0 Å². The van der Waals surface area contributed by atoms with Crippen molar-refractivity contribution in [1.82, 2.24) is 5.32 Å². The summed E-state index contributed by atoms with van der Waals surface area (Å²) in [7, 11) is 1.87. The number of rotatable bonds is 4. The highest BCUT2D eigenvalue weighted by atomic mass is 35.5. The normalized spacial score (nSPS) is 19.2. The Morgan fingerprint density at radius 3 is 2.95 bits per heavy atom. The quantitative estimate of drug-likeness (QED) is 0.682. The molecular formula is C13H18ClN3O2. The summed E-state index contributed by atoms with van der Waals surface area (Å²) in [5.41, 5.74) is 0.674. The summed E-state index contributed by atoms with van der Waals surface area (Å²) in [6, 6.07) is 5.05. The molecule has 0 amide bonds. The minimum atomic E-state index is -0.365. The van der Waals surface area contributed by atoms with Gasteiger partial charge in [0.25, 0.3) is 5.69 Å². The van der Waals surface area contributed by atoms with Gasteiger partial charge in [-0.2, -0.15) is 0 Å². The van der Waals surface area contributed by atoms with Gasteiger partial charge in [-0.15, -0.1) is 0 Å². The first-order chi connectivity index (χ1) is 9.08. The molecule has 1 atom stereocenters. The van der Waals surface area contributed by atoms with Crippen LogP contribution in [0.4, 0.5) is 11.4 Å². The molecule has 5 nitrogen and oxygen atoms in total. The average Bonchev–Trinajstić information content (AvgIpc) is 2.39. The van der Waals surface area contributed by atoms with E-state index in [-0.39, 0.29) is 10.6 Å². The molecule has 1 saturated heterocycles. The summed E-state index contributed by atoms with van der Waals surface area (Å²) in [5, 5.41) is 15.0. The largest absolute Gasteiger partial charge is 0.367 e. The lowest BCUT2D eigenvalue weighted by Crippen LogP contribution is -2.42. The molecule has 1 fully saturated rings. The number of piperidine rings is 1. The zero-order valence-corrected chi connectivity index (χ0v) is 11.7. The lowest BCUT2D eigenvalue weighted by Gasteiger charge is -2.29. The molecule has 2 rings (SSSR count). The first-order valence-corrected chi connectivity index (χ1v) is 6.84. The van der Waals surface area contributed by atoms with E-state index in [9.17, 15) is 10.1 Å². The Morgan fingerprint density at radius 1 is 1.53 bits per heavy atom. The maximum atomic E-state index is 11.0. The van der Waals surface area contributed by atoms with Gasteiger partial charge in [0.05, 0.1) is 4.92 Å². The molecule has 0 bridgehead atoms. The van der Waals surface area contributed by atoms with Crippen LogP contribution in [-0.4, -0.2) is 31.1 Å². The van der Waals surface area contributed by atoms with Crippen molar-refractivity contribution in [1.29, 1.82) is 0 Å². The van der Waals surface area contributed by atoms with Gasteiger partial charge in [0.2, 0.25) is 0 Å². The van der Waals surface area contributed by atoms with Crippen molar-refractivity contribution in [3.05, 3.63) is 33.3 Å². The van der Waals surface area contributed by atoms with Crippen LogP contribution in [0.3, 0.4) is 0 Å². The third kappa shape index (κ3) is 3.58. The summed E-state index contributed by atoms with van der Waals surface area (Å²) in [4.78, 5) is 12.6. The second-order valence-electron chi connectivity index (χ2n) is 4.92. The molecule has 0 aliphatic carbocycles. The molecule has 0 radical (unpaired) electrons. The lowest BCUT2D eigenvalue weighted by atomic mass is 10.0. The zero-order chi connectivity index (χ0) is 13.8. The summed E-state index contributed by atoms with van der Waals surface area (Å²) < 4.78 is 0. The van der Waals surface area contributed by atoms with E-state index in [1.54, 1.807) is 12.1 Å². The summed E-state index contributed by atoms with van der Waals surface area (Å²) in [6.07, 6.45) is 3.53. The van der Waals surface area contributed by atoms with E-state index in [1.807, 2.05) is 11.9 Å². The molecule has 1 aromatic rings. The average molecular weight is 284 g/mol. The fourth-order valence-corrected chi connectivity index (χ4v) is 2.63. The third-order valence-corrected chi connectivity index (χ3v) is 3.69. The van der Waals surface area contributed by atoms with Gasteiger partial charge in [0, 0.05) is 30.7 Å². The van der Waals surface area contributed by atoms with Crippen LogP contribution >= 0.6 is 11.6 Å². The van der Waals surface area contributed by atoms with E-state index in [0.29, 0.717) is 16.8 Å². The van der Waals surface area contributed by atoms with Gasteiger partial charge >= 0.3 is 0 Å². The van der Waals surface area contributed by atoms with Crippen LogP contribution in [0, 0.1) is 10.1 Å². The Hall–Kier alpha value is -1.33. The van der Waals surface area contributed by atoms with Crippen molar-refractivity contribution in [2.45, 2.75) is 25.3 Å². The Bertz CT molecular complexity index is 461. The van der Waals surface area contributed by atoms with Crippen LogP contribution in [0.2, 0.25) is 5.02 Å². The number of hydrogen-bond donors (Lipinski definition) is 1. The fourth-order valence-electron chi connectivity index (χ4n) is 2.47. The summed E-state index contributed by atoms with van der Waals surface area (Å²) in [5.74, 6) is 0. The van der Waals surface area contributed by atoms with Gasteiger partial charge < -0.3 is 10.2 Å². The van der Waals surface area contributed by atoms with Crippen molar-refractivity contribution >= 4 is 23.0 Å². The molecule has 6 heteroatoms. The molecule has 1 aliphatic rings. The lowest BCUT2D eigenvalue weighted by molar-refractivity contribution is -0.384. The van der Waals surface area contributed by atoms with Crippen LogP contribution < -0.4 is 10.2 Å². The first kappa shape index (κ1) is 14.1. The van der Waals surface area contributed by atoms with E-state index < -0.39 is 0 Å². The standard InChI is InChI=1S/C13H18ClN3O2/c1-16(9-11-4-2-3-7-15-11)13-8-10(14)5-6-12(13)17(18)19/h5-6,8,11,15H,2-4,7,9H2,1H3. The van der Waals surface area contributed by atoms with Crippen LogP contribution in [0.1, 0.15) is 19.3 Å². The van der Waals surface area contributed by atoms with Crippen LogP contribution in [-0.2, 0) is 0 Å². The molecule has 104 valence electrons. The Labute approximate surface area is 117 Å². The molecular weight excluding hydrogens is 266 g/mol. The maximum absolute atomic E-state index is 11.0. The van der Waals surface area contributed by atoms with E-state index in [2.05, 4.69) is 5.32 Å². The minimum absolute atomic E-state index is 0.0997. The van der Waals surface area contributed by atoms with Crippen molar-refractivity contribution in [3.8, 4) is 0 Å². The SMILES string of the molecule is CN(CC1CCCCN1)c1cc(Cl)ccc1[N+](=O)[O-]. The van der Waals surface area contributed by atoms with Crippen LogP contribution in [0.15, 0.2) is 18.2 Å². The maximum Gasteiger partial charge on any atom is 0.292 e. The number of benzene rings is 1. The minimum Gasteiger partial charge on any atom is -0.367 e. The summed E-state index contributed by atoms with van der Waals surface area (Å²) in [6.45, 7) is 1.78. The van der Waals surface area contributed by atoms with Gasteiger partial charge in [-0.05, 0) is 31.5 Å². The Kier molecular flexibility index (Phi) is 4.61. The number of nitrogens with one attached hydrogen (secondary N) is 1. The van der Waals surface area contributed by atoms with E-state index in [1.165, 1.54) is 18.9 Å². The van der Waals surface area contributed by atoms with Crippen molar-refractivity contribution in [2.24, 2.45) is 0 Å². The van der Waals surface area contributed by atoms with Gasteiger partial charge in [0.15, 0.2) is 0 Å². The highest BCUT2D eigenvalue weighted by molar-refractivity contribution is 6.31. The van der Waals surface area contributed by atoms with Crippen LogP contribution in [0.25, 0.3) is 0 Å². The van der Waals surface area contributed by atoms with Crippen molar-refractivity contribution in [3.63, 3.8) is 0 Å². The number of anilines is 1. The molecule has 1 unspecified atom stereocenters. The summed E-state index contributed by atoms with van der Waals surface area (Å²) >= 11 is 5.94. The van der Waals surface area contributed by atoms with Crippen molar-refractivity contribution < 1.29 is 4.92 Å². The van der Waals surface area contributed by atoms with E-state index in [4.69, 9.17) is 11.6 Å². The number of nitro benzene ring substituents is 1. The number of nitro groups is 1. The zero-order valence-electron chi connectivity index (χ0n) is 10.9. The molecule has 0 spiro atoms. The molecule has 0 saturated carbocycles. The van der Waals surface area contributed by atoms with Gasteiger partial charge in [-0.25, -0.2) is 0 Å². The molecule has 1 heterocycles. The second-order valence-corrected chi connectivity index (χ2v) is 5.35. The van der Waals surface area contributed by atoms with E-state index >= 15 is 0 Å². The monoisotopic (exact) mass is 283 g/mol. The highest BCUT2D eigenvalue weighted by Gasteiger charge is 2.21. The van der Waals surface area contributed by atoms with Crippen molar-refractivity contribution in [2.75, 3.05) is 25.0 Å². The molecule has 1 aliphatic heterocycles. The molecule has 1 aromatic carbocycles. The molecule has 0 aromatic heterocycles. The van der Waals surface area contributed by atoms with Gasteiger partial charge in [-0.1, -0.05) is 18.0 Å². The first-order valence-electron chi connectivity index (χ1n) is 6.46. The second kappa shape index (κ2) is 6.21. The highest BCUT2D eigenvalue weighted by Crippen LogP contribution is 2.30. The third-order valence-electron chi connectivity index (χ3n) is 3.45. The molecule has 19 heavy (non-hydrogen) atoms. The number of hydrogen-bond acceptors (Lipinski definition) is 4. The van der Waals surface area contributed by atoms with Gasteiger partial charge in [-0.3, -0.25) is 10.1 Å². The fraction of sp³-hybridized carbons (Fsp3) is 0.538. The van der Waals surface area contributed by atoms with E-state index in [0.717, 1.165) is 19.5 Å².